The summed E-state index contributed by atoms with van der Waals surface area (Å²) < 4.78 is 17.8. The van der Waals surface area contributed by atoms with Crippen molar-refractivity contribution in [2.75, 3.05) is 14.2 Å². The van der Waals surface area contributed by atoms with E-state index < -0.39 is 29.5 Å². The minimum atomic E-state index is -1.22. The van der Waals surface area contributed by atoms with E-state index in [-0.39, 0.29) is 0 Å². The number of methoxy groups -OCH3 is 2. The van der Waals surface area contributed by atoms with E-state index in [0.717, 1.165) is 10.9 Å². The molecule has 2 heterocycles. The summed E-state index contributed by atoms with van der Waals surface area (Å²) in [5.74, 6) is -1.91. The van der Waals surface area contributed by atoms with Gasteiger partial charge in [0.2, 0.25) is 0 Å². The Morgan fingerprint density at radius 1 is 1.00 bits per heavy atom. The molecule has 3 aromatic rings. The second-order valence-electron chi connectivity index (χ2n) is 7.86. The zero-order valence-corrected chi connectivity index (χ0v) is 17.8. The summed E-state index contributed by atoms with van der Waals surface area (Å²) in [6.07, 6.45) is 3.42. The second kappa shape index (κ2) is 8.57. The van der Waals surface area contributed by atoms with E-state index in [1.807, 2.05) is 36.4 Å². The lowest BCUT2D eigenvalue weighted by Gasteiger charge is -2.29. The Bertz CT molecular complexity index is 1040. The number of carbonyl (C=O) groups is 2. The zero-order valence-electron chi connectivity index (χ0n) is 17.8. The number of benzene rings is 1. The number of pyridine rings is 1. The molecule has 2 atom stereocenters. The minimum absolute atomic E-state index is 0.584. The van der Waals surface area contributed by atoms with E-state index in [1.165, 1.54) is 7.11 Å². The molecule has 0 aliphatic carbocycles. The van der Waals surface area contributed by atoms with Crippen LogP contribution < -0.4 is 4.74 Å². The molecule has 0 N–H and O–H groups in total. The van der Waals surface area contributed by atoms with Gasteiger partial charge >= 0.3 is 11.9 Å². The third kappa shape index (κ3) is 4.30. The number of fused-ring (bicyclic) bond motifs is 1. The number of hydrogen-bond acceptors (Lipinski definition) is 6. The van der Waals surface area contributed by atoms with Crippen molar-refractivity contribution in [1.82, 2.24) is 9.55 Å². The number of nitrogens with zero attached hydrogens (tertiary/aromatic N) is 2. The number of carbonyl (C=O) groups excluding carboxylic acids is 2. The van der Waals surface area contributed by atoms with Gasteiger partial charge in [-0.25, -0.2) is 4.98 Å². The van der Waals surface area contributed by atoms with E-state index in [0.29, 0.717) is 11.4 Å². The average Bonchev–Trinajstić information content (AvgIpc) is 3.14. The molecule has 0 aliphatic heterocycles. The van der Waals surface area contributed by atoms with Crippen LogP contribution in [0.25, 0.3) is 11.0 Å². The maximum absolute atomic E-state index is 13.1. The van der Waals surface area contributed by atoms with Gasteiger partial charge in [0.25, 0.3) is 0 Å². The maximum atomic E-state index is 13.1. The largest absolute Gasteiger partial charge is 0.496 e. The Hall–Kier alpha value is -3.35. The van der Waals surface area contributed by atoms with E-state index in [1.54, 1.807) is 50.9 Å². The summed E-state index contributed by atoms with van der Waals surface area (Å²) in [4.78, 5) is 30.5. The van der Waals surface area contributed by atoms with Crippen LogP contribution in [-0.4, -0.2) is 41.3 Å². The van der Waals surface area contributed by atoms with Crippen molar-refractivity contribution in [2.24, 2.45) is 5.92 Å². The van der Waals surface area contributed by atoms with Crippen LogP contribution in [0, 0.1) is 5.92 Å². The highest BCUT2D eigenvalue weighted by molar-refractivity contribution is 5.96. The molecule has 7 nitrogen and oxygen atoms in total. The van der Waals surface area contributed by atoms with Gasteiger partial charge in [0.1, 0.15) is 17.0 Å². The van der Waals surface area contributed by atoms with Crippen molar-refractivity contribution in [1.29, 1.82) is 0 Å². The maximum Gasteiger partial charge on any atom is 0.323 e. The molecule has 0 spiro atoms. The molecule has 30 heavy (non-hydrogen) atoms. The van der Waals surface area contributed by atoms with Crippen LogP contribution in [0.1, 0.15) is 32.4 Å². The fourth-order valence-corrected chi connectivity index (χ4v) is 3.45. The van der Waals surface area contributed by atoms with Crippen molar-refractivity contribution in [3.8, 4) is 5.75 Å². The standard InChI is InChI=1S/C23H26N2O5/c1-23(2,3)30-22(27)18(21(26)29-5)19(15-9-7-6-8-10-15)25-14-12-16-17(28-4)11-13-24-20(16)25/h6-14,18-19H,1-5H3. The molecule has 7 heteroatoms. The Morgan fingerprint density at radius 3 is 2.30 bits per heavy atom. The van der Waals surface area contributed by atoms with Crippen LogP contribution in [0.5, 0.6) is 5.75 Å². The van der Waals surface area contributed by atoms with Gasteiger partial charge in [-0.15, -0.1) is 0 Å². The minimum Gasteiger partial charge on any atom is -0.496 e. The van der Waals surface area contributed by atoms with Gasteiger partial charge in [-0.3, -0.25) is 9.59 Å². The summed E-state index contributed by atoms with van der Waals surface area (Å²) in [5, 5.41) is 0.772. The van der Waals surface area contributed by atoms with Crippen LogP contribution in [0.2, 0.25) is 0 Å². The second-order valence-corrected chi connectivity index (χ2v) is 7.86. The monoisotopic (exact) mass is 410 g/mol. The van der Waals surface area contributed by atoms with Crippen LogP contribution in [0.15, 0.2) is 54.9 Å². The topological polar surface area (TPSA) is 79.7 Å². The SMILES string of the molecule is COC(=O)C(C(=O)OC(C)(C)C)C(c1ccccc1)n1ccc2c(OC)ccnc21. The van der Waals surface area contributed by atoms with Gasteiger partial charge in [0.15, 0.2) is 5.92 Å². The molecular weight excluding hydrogens is 384 g/mol. The van der Waals surface area contributed by atoms with Crippen molar-refractivity contribution in [2.45, 2.75) is 32.4 Å². The Labute approximate surface area is 175 Å². The normalized spacial score (nSPS) is 13.5. The number of hydrogen-bond donors (Lipinski definition) is 0. The highest BCUT2D eigenvalue weighted by atomic mass is 16.6. The Morgan fingerprint density at radius 2 is 1.70 bits per heavy atom. The van der Waals surface area contributed by atoms with E-state index in [9.17, 15) is 9.59 Å². The van der Waals surface area contributed by atoms with Gasteiger partial charge in [-0.05, 0) is 38.5 Å². The van der Waals surface area contributed by atoms with Gasteiger partial charge in [0, 0.05) is 12.4 Å². The molecule has 2 unspecified atom stereocenters. The van der Waals surface area contributed by atoms with Crippen LogP contribution in [0.4, 0.5) is 0 Å². The van der Waals surface area contributed by atoms with Crippen LogP contribution in [0.3, 0.4) is 0 Å². The summed E-state index contributed by atoms with van der Waals surface area (Å²) >= 11 is 0. The van der Waals surface area contributed by atoms with Crippen molar-refractivity contribution < 1.29 is 23.8 Å². The first-order valence-electron chi connectivity index (χ1n) is 9.62. The van der Waals surface area contributed by atoms with Gasteiger partial charge in [-0.2, -0.15) is 0 Å². The average molecular weight is 410 g/mol. The molecule has 1 aromatic carbocycles. The zero-order chi connectivity index (χ0) is 21.9. The van der Waals surface area contributed by atoms with Gasteiger partial charge in [0.05, 0.1) is 25.6 Å². The van der Waals surface area contributed by atoms with Crippen molar-refractivity contribution >= 4 is 23.0 Å². The first-order chi connectivity index (χ1) is 14.3. The van der Waals surface area contributed by atoms with Gasteiger partial charge < -0.3 is 18.8 Å². The Balaban J connectivity index is 2.22. The first kappa shape index (κ1) is 21.4. The number of esters is 2. The van der Waals surface area contributed by atoms with E-state index >= 15 is 0 Å². The smallest absolute Gasteiger partial charge is 0.323 e. The third-order valence-electron chi connectivity index (χ3n) is 4.67. The molecule has 0 saturated carbocycles. The molecule has 0 aliphatic rings. The van der Waals surface area contributed by atoms with E-state index in [2.05, 4.69) is 4.98 Å². The molecule has 2 aromatic heterocycles. The third-order valence-corrected chi connectivity index (χ3v) is 4.67. The predicted octanol–water partition coefficient (Wildman–Crippen LogP) is 3.77. The van der Waals surface area contributed by atoms with E-state index in [4.69, 9.17) is 14.2 Å². The lowest BCUT2D eigenvalue weighted by atomic mass is 9.92. The molecule has 0 fully saturated rings. The fourth-order valence-electron chi connectivity index (χ4n) is 3.45. The number of rotatable bonds is 6. The highest BCUT2D eigenvalue weighted by Crippen LogP contribution is 2.35. The van der Waals surface area contributed by atoms with Crippen molar-refractivity contribution in [3.05, 3.63) is 60.4 Å². The lowest BCUT2D eigenvalue weighted by molar-refractivity contribution is -0.169. The summed E-state index contributed by atoms with van der Waals surface area (Å²) in [6.45, 7) is 5.27. The van der Waals surface area contributed by atoms with Crippen molar-refractivity contribution in [3.63, 3.8) is 0 Å². The van der Waals surface area contributed by atoms with Crippen LogP contribution in [-0.2, 0) is 19.1 Å². The molecule has 3 rings (SSSR count). The number of aromatic nitrogens is 2. The van der Waals surface area contributed by atoms with Crippen LogP contribution >= 0.6 is 0 Å². The molecule has 158 valence electrons. The number of ether oxygens (including phenoxy) is 3. The molecule has 0 saturated heterocycles. The van der Waals surface area contributed by atoms with Gasteiger partial charge in [-0.1, -0.05) is 30.3 Å². The highest BCUT2D eigenvalue weighted by Gasteiger charge is 2.41. The lowest BCUT2D eigenvalue weighted by Crippen LogP contribution is -2.39. The first-order valence-corrected chi connectivity index (χ1v) is 9.62. The molecular formula is C23H26N2O5. The Kier molecular flexibility index (Phi) is 6.10. The summed E-state index contributed by atoms with van der Waals surface area (Å²) in [5.41, 5.74) is 0.576. The fraction of sp³-hybridized carbons (Fsp3) is 0.348. The molecule has 0 radical (unpaired) electrons. The quantitative estimate of drug-likeness (QED) is 0.455. The summed E-state index contributed by atoms with van der Waals surface area (Å²) in [7, 11) is 2.84. The predicted molar refractivity (Wildman–Crippen MR) is 112 cm³/mol. The summed E-state index contributed by atoms with van der Waals surface area (Å²) in [6, 6.07) is 12.2. The molecule has 0 bridgehead atoms. The molecule has 0 amide bonds.